The second-order valence-electron chi connectivity index (χ2n) is 6.70. The molecule has 0 radical (unpaired) electrons. The summed E-state index contributed by atoms with van der Waals surface area (Å²) in [4.78, 5) is 24.0. The maximum Gasteiger partial charge on any atom is 0.310 e. The fourth-order valence-electron chi connectivity index (χ4n) is 3.42. The van der Waals surface area contributed by atoms with Crippen LogP contribution >= 0.6 is 0 Å². The van der Waals surface area contributed by atoms with E-state index >= 15 is 0 Å². The van der Waals surface area contributed by atoms with Crippen LogP contribution in [0.4, 0.5) is 0 Å². The van der Waals surface area contributed by atoms with E-state index in [-0.39, 0.29) is 24.8 Å². The van der Waals surface area contributed by atoms with Crippen LogP contribution in [0.2, 0.25) is 0 Å². The molecular weight excluding hydrogens is 312 g/mol. The predicted molar refractivity (Wildman–Crippen MR) is 97.7 cm³/mol. The third kappa shape index (κ3) is 5.02. The number of carbonyl (C=O) groups is 2. The van der Waals surface area contributed by atoms with Crippen molar-refractivity contribution < 1.29 is 14.3 Å². The first-order valence-electron chi connectivity index (χ1n) is 9.05. The molecule has 0 saturated heterocycles. The molecule has 3 rings (SSSR count). The minimum Gasteiger partial charge on any atom is -0.457 e. The lowest BCUT2D eigenvalue weighted by atomic mass is 9.84. The van der Waals surface area contributed by atoms with Gasteiger partial charge in [-0.15, -0.1) is 0 Å². The smallest absolute Gasteiger partial charge is 0.310 e. The van der Waals surface area contributed by atoms with Crippen LogP contribution in [0.1, 0.15) is 59.5 Å². The summed E-state index contributed by atoms with van der Waals surface area (Å²) in [5.41, 5.74) is 2.81. The van der Waals surface area contributed by atoms with Crippen molar-refractivity contribution in [2.75, 3.05) is 6.61 Å². The fraction of sp³-hybridized carbons (Fsp3) is 0.364. The highest BCUT2D eigenvalue weighted by Crippen LogP contribution is 2.32. The van der Waals surface area contributed by atoms with E-state index in [2.05, 4.69) is 12.1 Å². The molecule has 0 amide bonds. The lowest BCUT2D eigenvalue weighted by molar-refractivity contribution is -0.141. The molecular formula is C22H24O3. The summed E-state index contributed by atoms with van der Waals surface area (Å²) < 4.78 is 5.12. The molecule has 3 nitrogen and oxygen atoms in total. The number of hydrogen-bond donors (Lipinski definition) is 0. The van der Waals surface area contributed by atoms with E-state index in [1.165, 1.54) is 37.7 Å². The van der Waals surface area contributed by atoms with Crippen LogP contribution < -0.4 is 0 Å². The molecule has 0 bridgehead atoms. The van der Waals surface area contributed by atoms with Crippen molar-refractivity contribution in [3.63, 3.8) is 0 Å². The molecule has 1 aliphatic carbocycles. The largest absolute Gasteiger partial charge is 0.457 e. The Bertz CT molecular complexity index is 698. The maximum atomic E-state index is 12.2. The Kier molecular flexibility index (Phi) is 5.99. The summed E-state index contributed by atoms with van der Waals surface area (Å²) in [6.45, 7) is -0.200. The number of benzene rings is 2. The van der Waals surface area contributed by atoms with Crippen molar-refractivity contribution in [2.45, 2.75) is 44.4 Å². The van der Waals surface area contributed by atoms with Crippen LogP contribution in [0.3, 0.4) is 0 Å². The van der Waals surface area contributed by atoms with Crippen molar-refractivity contribution >= 4 is 11.8 Å². The second-order valence-corrected chi connectivity index (χ2v) is 6.70. The molecule has 130 valence electrons. The highest BCUT2D eigenvalue weighted by molar-refractivity contribution is 5.98. The van der Waals surface area contributed by atoms with Crippen LogP contribution in [-0.4, -0.2) is 18.4 Å². The van der Waals surface area contributed by atoms with Crippen LogP contribution in [0.25, 0.3) is 0 Å². The molecule has 2 aromatic rings. The highest BCUT2D eigenvalue weighted by Gasteiger charge is 2.16. The Hall–Kier alpha value is -2.42. The number of carbonyl (C=O) groups excluding carboxylic acids is 2. The molecule has 0 aromatic heterocycles. The molecule has 25 heavy (non-hydrogen) atoms. The van der Waals surface area contributed by atoms with Gasteiger partial charge in [0.1, 0.15) is 0 Å². The highest BCUT2D eigenvalue weighted by atomic mass is 16.5. The number of esters is 1. The topological polar surface area (TPSA) is 43.4 Å². The SMILES string of the molecule is O=C(Cc1ccccc1)OCC(=O)c1ccc(C2CCCCC2)cc1. The number of Topliss-reactive ketones (excluding diaryl/α,β-unsaturated/α-hetero) is 1. The molecule has 0 atom stereocenters. The third-order valence-electron chi connectivity index (χ3n) is 4.86. The number of hydrogen-bond acceptors (Lipinski definition) is 3. The number of ketones is 1. The average molecular weight is 336 g/mol. The van der Waals surface area contributed by atoms with Gasteiger partial charge in [0.15, 0.2) is 12.4 Å². The lowest BCUT2D eigenvalue weighted by Gasteiger charge is -2.22. The molecule has 1 fully saturated rings. The average Bonchev–Trinajstić information content (AvgIpc) is 2.68. The monoisotopic (exact) mass is 336 g/mol. The van der Waals surface area contributed by atoms with Gasteiger partial charge < -0.3 is 4.74 Å². The normalized spacial score (nSPS) is 14.9. The first-order valence-corrected chi connectivity index (χ1v) is 9.05. The summed E-state index contributed by atoms with van der Waals surface area (Å²) in [5.74, 6) is 0.0941. The first kappa shape index (κ1) is 17.4. The van der Waals surface area contributed by atoms with Crippen LogP contribution in [0.15, 0.2) is 54.6 Å². The quantitative estimate of drug-likeness (QED) is 0.567. The van der Waals surface area contributed by atoms with Gasteiger partial charge in [0.2, 0.25) is 0 Å². The molecule has 3 heteroatoms. The third-order valence-corrected chi connectivity index (χ3v) is 4.86. The molecule has 1 saturated carbocycles. The van der Waals surface area contributed by atoms with E-state index in [1.54, 1.807) is 0 Å². The Morgan fingerprint density at radius 3 is 2.24 bits per heavy atom. The van der Waals surface area contributed by atoms with E-state index in [0.29, 0.717) is 11.5 Å². The number of rotatable bonds is 6. The second kappa shape index (κ2) is 8.61. The summed E-state index contributed by atoms with van der Waals surface area (Å²) in [6, 6.07) is 17.2. The molecule has 2 aromatic carbocycles. The van der Waals surface area contributed by atoms with Crippen molar-refractivity contribution in [1.82, 2.24) is 0 Å². The van der Waals surface area contributed by atoms with Gasteiger partial charge in [-0.25, -0.2) is 0 Å². The molecule has 0 aliphatic heterocycles. The van der Waals surface area contributed by atoms with Crippen LogP contribution in [0, 0.1) is 0 Å². The van der Waals surface area contributed by atoms with Crippen molar-refractivity contribution in [3.05, 3.63) is 71.3 Å². The zero-order valence-corrected chi connectivity index (χ0v) is 14.4. The van der Waals surface area contributed by atoms with Gasteiger partial charge in [-0.3, -0.25) is 9.59 Å². The summed E-state index contributed by atoms with van der Waals surface area (Å²) in [5, 5.41) is 0. The summed E-state index contributed by atoms with van der Waals surface area (Å²) in [7, 11) is 0. The Labute approximate surface area is 149 Å². The van der Waals surface area contributed by atoms with E-state index < -0.39 is 0 Å². The van der Waals surface area contributed by atoms with Crippen LogP contribution in [-0.2, 0) is 16.0 Å². The molecule has 0 unspecified atom stereocenters. The van der Waals surface area contributed by atoms with Gasteiger partial charge in [-0.2, -0.15) is 0 Å². The maximum absolute atomic E-state index is 12.2. The van der Waals surface area contributed by atoms with Crippen LogP contribution in [0.5, 0.6) is 0 Å². The Morgan fingerprint density at radius 2 is 1.56 bits per heavy atom. The molecule has 0 spiro atoms. The molecule has 1 aliphatic rings. The van der Waals surface area contributed by atoms with E-state index in [4.69, 9.17) is 4.74 Å². The standard InChI is InChI=1S/C22H24O3/c23-21(16-25-22(24)15-17-7-3-1-4-8-17)20-13-11-19(12-14-20)18-9-5-2-6-10-18/h1,3-4,7-8,11-14,18H,2,5-6,9-10,15-16H2. The summed E-state index contributed by atoms with van der Waals surface area (Å²) >= 11 is 0. The zero-order chi connectivity index (χ0) is 17.5. The predicted octanol–water partition coefficient (Wildman–Crippen LogP) is 4.70. The van der Waals surface area contributed by atoms with Gasteiger partial charge in [0.25, 0.3) is 0 Å². The summed E-state index contributed by atoms with van der Waals surface area (Å²) in [6.07, 6.45) is 6.59. The first-order chi connectivity index (χ1) is 12.2. The minimum absolute atomic E-state index is 0.156. The van der Waals surface area contributed by atoms with Gasteiger partial charge in [0, 0.05) is 5.56 Å². The van der Waals surface area contributed by atoms with Crippen molar-refractivity contribution in [2.24, 2.45) is 0 Å². The fourth-order valence-corrected chi connectivity index (χ4v) is 3.42. The van der Waals surface area contributed by atoms with Gasteiger partial charge in [-0.05, 0) is 29.9 Å². The van der Waals surface area contributed by atoms with E-state index in [0.717, 1.165) is 5.56 Å². The van der Waals surface area contributed by atoms with Gasteiger partial charge >= 0.3 is 5.97 Å². The molecule has 0 heterocycles. The van der Waals surface area contributed by atoms with Crippen molar-refractivity contribution in [3.8, 4) is 0 Å². The van der Waals surface area contributed by atoms with Crippen molar-refractivity contribution in [1.29, 1.82) is 0 Å². The minimum atomic E-state index is -0.377. The van der Waals surface area contributed by atoms with Gasteiger partial charge in [0.05, 0.1) is 6.42 Å². The van der Waals surface area contributed by atoms with E-state index in [1.807, 2.05) is 42.5 Å². The van der Waals surface area contributed by atoms with E-state index in [9.17, 15) is 9.59 Å². The Balaban J connectivity index is 1.50. The number of ether oxygens (including phenoxy) is 1. The Morgan fingerprint density at radius 1 is 0.880 bits per heavy atom. The zero-order valence-electron chi connectivity index (χ0n) is 14.4. The lowest BCUT2D eigenvalue weighted by Crippen LogP contribution is -2.15. The van der Waals surface area contributed by atoms with Gasteiger partial charge in [-0.1, -0.05) is 73.9 Å². The molecule has 0 N–H and O–H groups in total.